The number of anilines is 2. The minimum atomic E-state index is -0.678. The molecule has 2 aromatic carbocycles. The molecule has 0 aromatic heterocycles. The van der Waals surface area contributed by atoms with Crippen LogP contribution in [0.5, 0.6) is 5.75 Å². The summed E-state index contributed by atoms with van der Waals surface area (Å²) >= 11 is 0. The van der Waals surface area contributed by atoms with Crippen molar-refractivity contribution < 1.29 is 28.8 Å². The molecule has 1 N–H and O–H groups in total. The summed E-state index contributed by atoms with van der Waals surface area (Å²) in [6.07, 6.45) is -0.0450. The number of nitrogens with zero attached hydrogens (tertiary/aromatic N) is 2. The Kier molecular flexibility index (Phi) is 5.95. The van der Waals surface area contributed by atoms with Crippen molar-refractivity contribution in [3.63, 3.8) is 0 Å². The van der Waals surface area contributed by atoms with Gasteiger partial charge >= 0.3 is 5.97 Å². The number of esters is 1. The molecule has 1 fully saturated rings. The minimum Gasteiger partial charge on any atom is -0.494 e. The molecule has 1 aliphatic heterocycles. The van der Waals surface area contributed by atoms with Crippen LogP contribution >= 0.6 is 0 Å². The predicted molar refractivity (Wildman–Crippen MR) is 107 cm³/mol. The molecule has 0 bridgehead atoms. The summed E-state index contributed by atoms with van der Waals surface area (Å²) in [5.41, 5.74) is 0.685. The fourth-order valence-corrected chi connectivity index (χ4v) is 3.24. The van der Waals surface area contributed by atoms with Gasteiger partial charge in [-0.1, -0.05) is 12.1 Å². The van der Waals surface area contributed by atoms with Crippen molar-refractivity contribution in [2.24, 2.45) is 5.92 Å². The van der Waals surface area contributed by atoms with Gasteiger partial charge in [-0.25, -0.2) is 4.79 Å². The third-order valence-electron chi connectivity index (χ3n) is 4.75. The molecule has 0 spiro atoms. The highest BCUT2D eigenvalue weighted by Gasteiger charge is 2.37. The fourth-order valence-electron chi connectivity index (χ4n) is 3.24. The molecule has 156 valence electrons. The lowest BCUT2D eigenvalue weighted by Crippen LogP contribution is -2.29. The SMILES string of the molecule is COC(=O)c1ccccc1N1CC(C(=O)Nc2ccc([N+](=O)[O-])cc2OC)CC1=O. The molecule has 10 nitrogen and oxygen atoms in total. The van der Waals surface area contributed by atoms with Gasteiger partial charge in [0.15, 0.2) is 0 Å². The molecular weight excluding hydrogens is 394 g/mol. The van der Waals surface area contributed by atoms with E-state index in [2.05, 4.69) is 5.32 Å². The van der Waals surface area contributed by atoms with E-state index in [4.69, 9.17) is 9.47 Å². The van der Waals surface area contributed by atoms with E-state index in [1.54, 1.807) is 24.3 Å². The van der Waals surface area contributed by atoms with Crippen LogP contribution in [0.1, 0.15) is 16.8 Å². The van der Waals surface area contributed by atoms with Crippen molar-refractivity contribution in [3.8, 4) is 5.75 Å². The lowest BCUT2D eigenvalue weighted by molar-refractivity contribution is -0.384. The molecule has 1 unspecified atom stereocenters. The number of hydrogen-bond acceptors (Lipinski definition) is 7. The summed E-state index contributed by atoms with van der Waals surface area (Å²) in [7, 11) is 2.58. The Labute approximate surface area is 171 Å². The Hall–Kier alpha value is -3.95. The number of amides is 2. The Morgan fingerprint density at radius 2 is 1.93 bits per heavy atom. The first-order valence-electron chi connectivity index (χ1n) is 8.96. The molecule has 10 heteroatoms. The predicted octanol–water partition coefficient (Wildman–Crippen LogP) is 2.38. The smallest absolute Gasteiger partial charge is 0.339 e. The normalized spacial score (nSPS) is 15.6. The molecule has 30 heavy (non-hydrogen) atoms. The number of methoxy groups -OCH3 is 2. The van der Waals surface area contributed by atoms with Crippen LogP contribution in [-0.4, -0.2) is 43.5 Å². The zero-order valence-electron chi connectivity index (χ0n) is 16.3. The van der Waals surface area contributed by atoms with Crippen LogP contribution in [0.4, 0.5) is 17.1 Å². The number of rotatable bonds is 6. The molecule has 0 aliphatic carbocycles. The van der Waals surface area contributed by atoms with E-state index < -0.39 is 22.7 Å². The van der Waals surface area contributed by atoms with Gasteiger partial charge in [-0.15, -0.1) is 0 Å². The van der Waals surface area contributed by atoms with Gasteiger partial charge in [0.25, 0.3) is 5.69 Å². The highest BCUT2D eigenvalue weighted by Crippen LogP contribution is 2.32. The van der Waals surface area contributed by atoms with Gasteiger partial charge in [0.05, 0.1) is 48.1 Å². The van der Waals surface area contributed by atoms with E-state index >= 15 is 0 Å². The number of non-ortho nitro benzene ring substituents is 1. The summed E-state index contributed by atoms with van der Waals surface area (Å²) in [6.45, 7) is 0.0774. The van der Waals surface area contributed by atoms with Crippen molar-refractivity contribution in [1.82, 2.24) is 0 Å². The Morgan fingerprint density at radius 1 is 1.20 bits per heavy atom. The lowest BCUT2D eigenvalue weighted by Gasteiger charge is -2.19. The summed E-state index contributed by atoms with van der Waals surface area (Å²) < 4.78 is 9.88. The number of nitro groups is 1. The van der Waals surface area contributed by atoms with Gasteiger partial charge in [0.2, 0.25) is 11.8 Å². The standard InChI is InChI=1S/C20H19N3O7/c1-29-17-10-13(23(27)28)7-8-15(17)21-19(25)12-9-18(24)22(11-12)16-6-4-3-5-14(16)20(26)30-2/h3-8,10,12H,9,11H2,1-2H3,(H,21,25). The van der Waals surface area contributed by atoms with Gasteiger partial charge in [-0.3, -0.25) is 19.7 Å². The summed E-state index contributed by atoms with van der Waals surface area (Å²) in [5, 5.41) is 13.6. The molecule has 1 saturated heterocycles. The fraction of sp³-hybridized carbons (Fsp3) is 0.250. The maximum atomic E-state index is 12.7. The molecule has 0 radical (unpaired) electrons. The number of carbonyl (C=O) groups is 3. The van der Waals surface area contributed by atoms with Gasteiger partial charge in [0.1, 0.15) is 5.75 Å². The van der Waals surface area contributed by atoms with Crippen molar-refractivity contribution >= 4 is 34.8 Å². The van der Waals surface area contributed by atoms with Crippen LogP contribution in [0.15, 0.2) is 42.5 Å². The van der Waals surface area contributed by atoms with Crippen molar-refractivity contribution in [2.75, 3.05) is 31.0 Å². The zero-order chi connectivity index (χ0) is 21.8. The minimum absolute atomic E-state index is 0.0450. The number of nitrogens with one attached hydrogen (secondary N) is 1. The number of hydrogen-bond donors (Lipinski definition) is 1. The van der Waals surface area contributed by atoms with E-state index in [-0.39, 0.29) is 41.6 Å². The van der Waals surface area contributed by atoms with Gasteiger partial charge in [-0.2, -0.15) is 0 Å². The third kappa shape index (κ3) is 4.07. The lowest BCUT2D eigenvalue weighted by atomic mass is 10.1. The van der Waals surface area contributed by atoms with E-state index in [1.807, 2.05) is 0 Å². The van der Waals surface area contributed by atoms with Gasteiger partial charge in [-0.05, 0) is 18.2 Å². The largest absolute Gasteiger partial charge is 0.494 e. The molecule has 2 amide bonds. The van der Waals surface area contributed by atoms with Crippen LogP contribution in [0.25, 0.3) is 0 Å². The van der Waals surface area contributed by atoms with Crippen LogP contribution < -0.4 is 15.0 Å². The average Bonchev–Trinajstić information content (AvgIpc) is 3.14. The monoisotopic (exact) mass is 413 g/mol. The highest BCUT2D eigenvalue weighted by atomic mass is 16.6. The number of benzene rings is 2. The maximum absolute atomic E-state index is 12.7. The summed E-state index contributed by atoms with van der Waals surface area (Å²) in [6, 6.07) is 10.3. The second-order valence-corrected chi connectivity index (χ2v) is 6.55. The van der Waals surface area contributed by atoms with Gasteiger partial charge < -0.3 is 19.7 Å². The Morgan fingerprint density at radius 3 is 2.60 bits per heavy atom. The first kappa shape index (κ1) is 20.8. The molecule has 1 atom stereocenters. The first-order chi connectivity index (χ1) is 14.3. The molecule has 0 saturated carbocycles. The molecule has 3 rings (SSSR count). The highest BCUT2D eigenvalue weighted by molar-refractivity contribution is 6.07. The molecular formula is C20H19N3O7. The number of ether oxygens (including phenoxy) is 2. The van der Waals surface area contributed by atoms with E-state index in [1.165, 1.54) is 37.3 Å². The number of nitro benzene ring substituents is 1. The number of para-hydroxylation sites is 1. The van der Waals surface area contributed by atoms with Crippen molar-refractivity contribution in [3.05, 3.63) is 58.1 Å². The summed E-state index contributed by atoms with van der Waals surface area (Å²) in [5.74, 6) is -1.87. The second kappa shape index (κ2) is 8.60. The first-order valence-corrected chi connectivity index (χ1v) is 8.96. The average molecular weight is 413 g/mol. The topological polar surface area (TPSA) is 128 Å². The van der Waals surface area contributed by atoms with Gasteiger partial charge in [0, 0.05) is 19.0 Å². The van der Waals surface area contributed by atoms with Crippen LogP contribution in [0, 0.1) is 16.0 Å². The van der Waals surface area contributed by atoms with Crippen LogP contribution in [0.3, 0.4) is 0 Å². The molecule has 1 heterocycles. The maximum Gasteiger partial charge on any atom is 0.339 e. The number of carbonyl (C=O) groups excluding carboxylic acids is 3. The Bertz CT molecular complexity index is 1020. The van der Waals surface area contributed by atoms with Crippen molar-refractivity contribution in [1.29, 1.82) is 0 Å². The van der Waals surface area contributed by atoms with E-state index in [0.717, 1.165) is 0 Å². The molecule has 1 aliphatic rings. The summed E-state index contributed by atoms with van der Waals surface area (Å²) in [4.78, 5) is 49.0. The third-order valence-corrected chi connectivity index (χ3v) is 4.75. The van der Waals surface area contributed by atoms with Crippen LogP contribution in [-0.2, 0) is 14.3 Å². The zero-order valence-corrected chi connectivity index (χ0v) is 16.3. The quantitative estimate of drug-likeness (QED) is 0.437. The van der Waals surface area contributed by atoms with E-state index in [0.29, 0.717) is 5.69 Å². The molecule has 2 aromatic rings. The van der Waals surface area contributed by atoms with E-state index in [9.17, 15) is 24.5 Å². The van der Waals surface area contributed by atoms with Crippen molar-refractivity contribution in [2.45, 2.75) is 6.42 Å². The second-order valence-electron chi connectivity index (χ2n) is 6.55. The Balaban J connectivity index is 1.78. The van der Waals surface area contributed by atoms with Crippen LogP contribution in [0.2, 0.25) is 0 Å².